The minimum absolute atomic E-state index is 0.0381. The summed E-state index contributed by atoms with van der Waals surface area (Å²) >= 11 is 0. The van der Waals surface area contributed by atoms with E-state index in [0.717, 1.165) is 6.07 Å². The number of phosphoric acid groups is 1. The van der Waals surface area contributed by atoms with Gasteiger partial charge in [0.25, 0.3) is 10.1 Å². The van der Waals surface area contributed by atoms with Crippen LogP contribution in [0.1, 0.15) is 0 Å². The van der Waals surface area contributed by atoms with Gasteiger partial charge in [-0.3, -0.25) is 9.64 Å². The molecule has 0 aliphatic rings. The molecule has 23 heavy (non-hydrogen) atoms. The second-order valence-corrected chi connectivity index (χ2v) is 8.63. The van der Waals surface area contributed by atoms with Gasteiger partial charge in [0, 0.05) is 10.8 Å². The maximum atomic E-state index is 11.7. The van der Waals surface area contributed by atoms with Crippen molar-refractivity contribution >= 4 is 42.1 Å². The molecule has 10 nitrogen and oxygen atoms in total. The lowest BCUT2D eigenvalue weighted by atomic mass is 10.1. The highest BCUT2D eigenvalue weighted by molar-refractivity contribution is 7.86. The van der Waals surface area contributed by atoms with E-state index in [1.54, 1.807) is 0 Å². The van der Waals surface area contributed by atoms with Crippen LogP contribution in [0.2, 0.25) is 0 Å². The van der Waals surface area contributed by atoms with Gasteiger partial charge in [-0.25, -0.2) is 9.13 Å². The van der Waals surface area contributed by atoms with Crippen molar-refractivity contribution in [2.45, 2.75) is 4.90 Å². The number of anilines is 1. The predicted molar refractivity (Wildman–Crippen MR) is 80.3 cm³/mol. The minimum atomic E-state index is -5.23. The molecule has 0 saturated heterocycles. The molecule has 0 heterocycles. The van der Waals surface area contributed by atoms with Gasteiger partial charge in [0.15, 0.2) is 0 Å². The maximum absolute atomic E-state index is 11.7. The lowest BCUT2D eigenvalue weighted by Crippen LogP contribution is -2.02. The predicted octanol–water partition coefficient (Wildman–Crippen LogP) is 1.71. The molecule has 5 N–H and O–H groups in total. The van der Waals surface area contributed by atoms with Crippen molar-refractivity contribution in [3.63, 3.8) is 0 Å². The molecule has 2 aromatic carbocycles. The SMILES string of the molecule is O=P(O)(O)OP(=O)(O)Nc1cccc2c(S(=O)(=O)O)cccc12. The summed E-state index contributed by atoms with van der Waals surface area (Å²) in [4.78, 5) is 26.2. The van der Waals surface area contributed by atoms with Crippen LogP contribution in [0, 0.1) is 0 Å². The first kappa shape index (κ1) is 18.1. The molecule has 0 aliphatic carbocycles. The Kier molecular flexibility index (Phi) is 4.69. The fraction of sp³-hybridized carbons (Fsp3) is 0. The summed E-state index contributed by atoms with van der Waals surface area (Å²) < 4.78 is 58.0. The Hall–Kier alpha value is -1.29. The van der Waals surface area contributed by atoms with E-state index in [9.17, 15) is 27.0 Å². The number of benzene rings is 2. The molecule has 0 aromatic heterocycles. The van der Waals surface area contributed by atoms with Crippen molar-refractivity contribution in [1.82, 2.24) is 0 Å². The summed E-state index contributed by atoms with van der Waals surface area (Å²) in [5.74, 6) is 0. The van der Waals surface area contributed by atoms with Crippen LogP contribution in [0.5, 0.6) is 0 Å². The first-order chi connectivity index (χ1) is 10.4. The fourth-order valence-corrected chi connectivity index (χ4v) is 4.44. The monoisotopic (exact) mass is 383 g/mol. The number of hydrogen-bond donors (Lipinski definition) is 5. The normalized spacial score (nSPS) is 15.3. The molecule has 13 heteroatoms. The van der Waals surface area contributed by atoms with Gasteiger partial charge in [0.2, 0.25) is 0 Å². The van der Waals surface area contributed by atoms with Crippen LogP contribution in [0.25, 0.3) is 10.8 Å². The van der Waals surface area contributed by atoms with Gasteiger partial charge in [-0.2, -0.15) is 12.7 Å². The standard InChI is InChI=1S/C10H11NO9P2S/c12-21(13,20-22(14,15)16)11-9-5-1-4-8-7(9)3-2-6-10(8)23(17,18)19/h1-6H,(H2,11,12,13)(H2,14,15,16)(H,17,18,19). The van der Waals surface area contributed by atoms with Crippen LogP contribution in [-0.4, -0.2) is 27.7 Å². The molecule has 2 aromatic rings. The number of fused-ring (bicyclic) bond motifs is 1. The zero-order valence-corrected chi connectivity index (χ0v) is 13.7. The molecule has 2 rings (SSSR count). The topological polar surface area (TPSA) is 170 Å². The molecule has 126 valence electrons. The number of nitrogens with one attached hydrogen (secondary N) is 1. The highest BCUT2D eigenvalue weighted by Crippen LogP contribution is 2.56. The summed E-state index contributed by atoms with van der Waals surface area (Å²) in [6, 6.07) is 7.72. The van der Waals surface area contributed by atoms with Gasteiger partial charge in [-0.1, -0.05) is 24.3 Å². The highest BCUT2D eigenvalue weighted by atomic mass is 32.2. The molecule has 0 radical (unpaired) electrons. The Bertz CT molecular complexity index is 952. The van der Waals surface area contributed by atoms with Crippen molar-refractivity contribution in [1.29, 1.82) is 0 Å². The summed E-state index contributed by atoms with van der Waals surface area (Å²) in [6.45, 7) is 0. The average molecular weight is 383 g/mol. The largest absolute Gasteiger partial charge is 0.478 e. The highest BCUT2D eigenvalue weighted by Gasteiger charge is 2.31. The van der Waals surface area contributed by atoms with Crippen molar-refractivity contribution in [3.8, 4) is 0 Å². The van der Waals surface area contributed by atoms with E-state index in [4.69, 9.17) is 9.79 Å². The van der Waals surface area contributed by atoms with Gasteiger partial charge in [-0.05, 0) is 12.1 Å². The van der Waals surface area contributed by atoms with Crippen LogP contribution in [0.15, 0.2) is 41.3 Å². The third-order valence-electron chi connectivity index (χ3n) is 2.64. The van der Waals surface area contributed by atoms with Crippen molar-refractivity contribution in [2.24, 2.45) is 0 Å². The van der Waals surface area contributed by atoms with Crippen LogP contribution in [0.4, 0.5) is 5.69 Å². The molecule has 0 fully saturated rings. The molecule has 0 amide bonds. The van der Waals surface area contributed by atoms with Gasteiger partial charge >= 0.3 is 15.6 Å². The molecule has 0 aliphatic heterocycles. The lowest BCUT2D eigenvalue weighted by Gasteiger charge is -2.16. The number of rotatable bonds is 5. The summed E-state index contributed by atoms with van der Waals surface area (Å²) in [5.41, 5.74) is -0.118. The zero-order chi connectivity index (χ0) is 17.5. The average Bonchev–Trinajstić information content (AvgIpc) is 2.33. The lowest BCUT2D eigenvalue weighted by molar-refractivity contribution is 0.265. The van der Waals surface area contributed by atoms with E-state index in [2.05, 4.69) is 4.31 Å². The van der Waals surface area contributed by atoms with Crippen LogP contribution < -0.4 is 5.09 Å². The Morgan fingerprint density at radius 3 is 2.09 bits per heavy atom. The first-order valence-electron chi connectivity index (χ1n) is 5.76. The molecular formula is C10H11NO9P2S. The molecule has 1 unspecified atom stereocenters. The van der Waals surface area contributed by atoms with Crippen LogP contribution in [0.3, 0.4) is 0 Å². The van der Waals surface area contributed by atoms with Gasteiger partial charge in [0.05, 0.1) is 5.69 Å². The quantitative estimate of drug-likeness (QED) is 0.378. The van der Waals surface area contributed by atoms with Gasteiger partial charge in [0.1, 0.15) is 4.90 Å². The summed E-state index contributed by atoms with van der Waals surface area (Å²) in [7, 11) is -14.7. The van der Waals surface area contributed by atoms with Gasteiger partial charge in [-0.15, -0.1) is 0 Å². The van der Waals surface area contributed by atoms with E-state index in [0.29, 0.717) is 0 Å². The maximum Gasteiger partial charge on any atom is 0.478 e. The van der Waals surface area contributed by atoms with E-state index in [-0.39, 0.29) is 16.5 Å². The smallest absolute Gasteiger partial charge is 0.308 e. The molecule has 0 spiro atoms. The Balaban J connectivity index is 2.56. The third kappa shape index (κ3) is 4.60. The molecule has 0 saturated carbocycles. The van der Waals surface area contributed by atoms with E-state index in [1.807, 2.05) is 5.09 Å². The van der Waals surface area contributed by atoms with Crippen molar-refractivity contribution in [2.75, 3.05) is 5.09 Å². The van der Waals surface area contributed by atoms with Crippen molar-refractivity contribution in [3.05, 3.63) is 36.4 Å². The third-order valence-corrected chi connectivity index (χ3v) is 5.81. The second-order valence-electron chi connectivity index (χ2n) is 4.34. The molecule has 1 atom stereocenters. The first-order valence-corrected chi connectivity index (χ1v) is 10.3. The van der Waals surface area contributed by atoms with Crippen LogP contribution >= 0.6 is 15.6 Å². The van der Waals surface area contributed by atoms with Crippen molar-refractivity contribution < 1.29 is 41.1 Å². The van der Waals surface area contributed by atoms with Crippen LogP contribution in [-0.2, 0) is 23.6 Å². The molecular weight excluding hydrogens is 372 g/mol. The Morgan fingerprint density at radius 1 is 0.957 bits per heavy atom. The van der Waals surface area contributed by atoms with E-state index in [1.165, 1.54) is 30.3 Å². The second kappa shape index (κ2) is 5.97. The Labute approximate surface area is 130 Å². The summed E-state index contributed by atoms with van der Waals surface area (Å²) in [5, 5.41) is 2.07. The zero-order valence-electron chi connectivity index (χ0n) is 11.1. The molecule has 0 bridgehead atoms. The number of hydrogen-bond acceptors (Lipinski definition) is 5. The Morgan fingerprint density at radius 2 is 1.52 bits per heavy atom. The fourth-order valence-electron chi connectivity index (χ4n) is 1.92. The minimum Gasteiger partial charge on any atom is -0.308 e. The van der Waals surface area contributed by atoms with E-state index < -0.39 is 30.6 Å². The van der Waals surface area contributed by atoms with E-state index >= 15 is 0 Å². The van der Waals surface area contributed by atoms with Gasteiger partial charge < -0.3 is 14.7 Å². The summed E-state index contributed by atoms with van der Waals surface area (Å²) in [6.07, 6.45) is 0.